The zero-order valence-corrected chi connectivity index (χ0v) is 15.4. The summed E-state index contributed by atoms with van der Waals surface area (Å²) in [5, 5.41) is 2.94. The molecular formula is C21H24N2O3. The van der Waals surface area contributed by atoms with E-state index in [1.54, 1.807) is 4.90 Å². The van der Waals surface area contributed by atoms with Crippen molar-refractivity contribution in [3.63, 3.8) is 0 Å². The van der Waals surface area contributed by atoms with E-state index < -0.39 is 6.04 Å². The SMILES string of the molecule is Cc1ccc(CN2C(=O)COC[C@H]2C(=O)Nc2ccc(C)cc2C)cc1. The lowest BCUT2D eigenvalue weighted by atomic mass is 10.1. The van der Waals surface area contributed by atoms with Gasteiger partial charge in [-0.05, 0) is 38.0 Å². The van der Waals surface area contributed by atoms with E-state index in [0.717, 1.165) is 27.9 Å². The Balaban J connectivity index is 1.77. The number of morpholine rings is 1. The van der Waals surface area contributed by atoms with Gasteiger partial charge in [-0.15, -0.1) is 0 Å². The fourth-order valence-electron chi connectivity index (χ4n) is 3.08. The van der Waals surface area contributed by atoms with Gasteiger partial charge in [-0.3, -0.25) is 9.59 Å². The molecule has 1 heterocycles. The molecule has 1 atom stereocenters. The third-order valence-corrected chi connectivity index (χ3v) is 4.61. The van der Waals surface area contributed by atoms with E-state index in [0.29, 0.717) is 6.54 Å². The van der Waals surface area contributed by atoms with Crippen molar-refractivity contribution in [2.75, 3.05) is 18.5 Å². The lowest BCUT2D eigenvalue weighted by Crippen LogP contribution is -2.54. The van der Waals surface area contributed by atoms with E-state index in [4.69, 9.17) is 4.74 Å². The molecule has 2 aromatic carbocycles. The number of amides is 2. The topological polar surface area (TPSA) is 58.6 Å². The highest BCUT2D eigenvalue weighted by Gasteiger charge is 2.34. The molecule has 1 fully saturated rings. The molecule has 0 saturated carbocycles. The van der Waals surface area contributed by atoms with Crippen LogP contribution in [0.15, 0.2) is 42.5 Å². The Morgan fingerprint density at radius 2 is 1.81 bits per heavy atom. The third-order valence-electron chi connectivity index (χ3n) is 4.61. The van der Waals surface area contributed by atoms with Crippen molar-refractivity contribution in [3.05, 3.63) is 64.7 Å². The number of hydrogen-bond donors (Lipinski definition) is 1. The second kappa shape index (κ2) is 7.70. The first-order chi connectivity index (χ1) is 12.4. The summed E-state index contributed by atoms with van der Waals surface area (Å²) < 4.78 is 5.34. The molecule has 0 aliphatic carbocycles. The molecule has 26 heavy (non-hydrogen) atoms. The smallest absolute Gasteiger partial charge is 0.249 e. The molecule has 2 amide bonds. The second-order valence-corrected chi connectivity index (χ2v) is 6.85. The Kier molecular flexibility index (Phi) is 5.38. The van der Waals surface area contributed by atoms with Gasteiger partial charge in [0.05, 0.1) is 6.61 Å². The molecule has 2 aromatic rings. The fourth-order valence-corrected chi connectivity index (χ4v) is 3.08. The van der Waals surface area contributed by atoms with Crippen LogP contribution < -0.4 is 5.32 Å². The molecule has 1 aliphatic heterocycles. The monoisotopic (exact) mass is 352 g/mol. The predicted octanol–water partition coefficient (Wildman–Crippen LogP) is 2.98. The van der Waals surface area contributed by atoms with E-state index in [1.807, 2.05) is 63.2 Å². The van der Waals surface area contributed by atoms with E-state index >= 15 is 0 Å². The summed E-state index contributed by atoms with van der Waals surface area (Å²) in [7, 11) is 0. The average Bonchev–Trinajstić information content (AvgIpc) is 2.61. The molecule has 0 bridgehead atoms. The highest BCUT2D eigenvalue weighted by atomic mass is 16.5. The van der Waals surface area contributed by atoms with Crippen molar-refractivity contribution in [2.45, 2.75) is 33.4 Å². The number of anilines is 1. The minimum Gasteiger partial charge on any atom is -0.369 e. The van der Waals surface area contributed by atoms with Crippen LogP contribution >= 0.6 is 0 Å². The zero-order chi connectivity index (χ0) is 18.7. The molecule has 0 unspecified atom stereocenters. The van der Waals surface area contributed by atoms with Gasteiger partial charge in [0.25, 0.3) is 0 Å². The number of ether oxygens (including phenoxy) is 1. The number of rotatable bonds is 4. The lowest BCUT2D eigenvalue weighted by molar-refractivity contribution is -0.154. The summed E-state index contributed by atoms with van der Waals surface area (Å²) in [6.07, 6.45) is 0. The van der Waals surface area contributed by atoms with Crippen LogP contribution in [0.1, 0.15) is 22.3 Å². The van der Waals surface area contributed by atoms with Crippen LogP contribution in [0.2, 0.25) is 0 Å². The molecule has 136 valence electrons. The van der Waals surface area contributed by atoms with E-state index in [-0.39, 0.29) is 25.0 Å². The molecule has 5 heteroatoms. The maximum Gasteiger partial charge on any atom is 0.249 e. The average molecular weight is 352 g/mol. The summed E-state index contributed by atoms with van der Waals surface area (Å²) in [6, 6.07) is 13.2. The first kappa shape index (κ1) is 18.1. The van der Waals surface area contributed by atoms with Gasteiger partial charge >= 0.3 is 0 Å². The number of hydrogen-bond acceptors (Lipinski definition) is 3. The number of nitrogens with one attached hydrogen (secondary N) is 1. The summed E-state index contributed by atoms with van der Waals surface area (Å²) in [5.74, 6) is -0.394. The van der Waals surface area contributed by atoms with Crippen LogP contribution in [-0.2, 0) is 20.9 Å². The van der Waals surface area contributed by atoms with Crippen molar-refractivity contribution >= 4 is 17.5 Å². The standard InChI is InChI=1S/C21H24N2O3/c1-14-4-7-17(8-5-14)11-23-19(12-26-13-20(23)24)21(25)22-18-9-6-15(2)10-16(18)3/h4-10,19H,11-13H2,1-3H3,(H,22,25)/t19-/m0/s1. The maximum atomic E-state index is 12.8. The molecule has 0 aromatic heterocycles. The van der Waals surface area contributed by atoms with Crippen LogP contribution in [0, 0.1) is 20.8 Å². The molecule has 0 spiro atoms. The van der Waals surface area contributed by atoms with Gasteiger partial charge in [0.2, 0.25) is 11.8 Å². The van der Waals surface area contributed by atoms with Crippen molar-refractivity contribution in [1.29, 1.82) is 0 Å². The fraction of sp³-hybridized carbons (Fsp3) is 0.333. The van der Waals surface area contributed by atoms with Gasteiger partial charge in [0.1, 0.15) is 12.6 Å². The van der Waals surface area contributed by atoms with Gasteiger partial charge in [-0.1, -0.05) is 47.5 Å². The zero-order valence-electron chi connectivity index (χ0n) is 15.4. The van der Waals surface area contributed by atoms with E-state index in [9.17, 15) is 9.59 Å². The van der Waals surface area contributed by atoms with E-state index in [2.05, 4.69) is 5.32 Å². The predicted molar refractivity (Wildman–Crippen MR) is 101 cm³/mol. The third kappa shape index (κ3) is 4.11. The Bertz CT molecular complexity index is 815. The highest BCUT2D eigenvalue weighted by molar-refractivity contribution is 5.98. The molecule has 1 saturated heterocycles. The Hall–Kier alpha value is -2.66. The first-order valence-electron chi connectivity index (χ1n) is 8.75. The van der Waals surface area contributed by atoms with Gasteiger partial charge in [0, 0.05) is 12.2 Å². The van der Waals surface area contributed by atoms with Crippen LogP contribution in [0.5, 0.6) is 0 Å². The van der Waals surface area contributed by atoms with Crippen molar-refractivity contribution in [1.82, 2.24) is 4.90 Å². The largest absolute Gasteiger partial charge is 0.369 e. The molecule has 1 aliphatic rings. The van der Waals surface area contributed by atoms with Crippen molar-refractivity contribution < 1.29 is 14.3 Å². The van der Waals surface area contributed by atoms with Crippen LogP contribution in [0.3, 0.4) is 0 Å². The minimum atomic E-state index is -0.641. The molecule has 0 radical (unpaired) electrons. The van der Waals surface area contributed by atoms with Gasteiger partial charge in [-0.2, -0.15) is 0 Å². The molecule has 3 rings (SSSR count). The summed E-state index contributed by atoms with van der Waals surface area (Å²) in [6.45, 7) is 6.59. The molecule has 5 nitrogen and oxygen atoms in total. The van der Waals surface area contributed by atoms with Crippen LogP contribution in [-0.4, -0.2) is 36.0 Å². The van der Waals surface area contributed by atoms with E-state index in [1.165, 1.54) is 0 Å². The Morgan fingerprint density at radius 3 is 2.50 bits per heavy atom. The maximum absolute atomic E-state index is 12.8. The summed E-state index contributed by atoms with van der Waals surface area (Å²) >= 11 is 0. The van der Waals surface area contributed by atoms with Gasteiger partial charge < -0.3 is 15.0 Å². The summed E-state index contributed by atoms with van der Waals surface area (Å²) in [5.41, 5.74) is 5.04. The Morgan fingerprint density at radius 1 is 1.12 bits per heavy atom. The number of carbonyl (C=O) groups is 2. The second-order valence-electron chi connectivity index (χ2n) is 6.85. The van der Waals surface area contributed by atoms with Crippen molar-refractivity contribution in [3.8, 4) is 0 Å². The number of benzene rings is 2. The highest BCUT2D eigenvalue weighted by Crippen LogP contribution is 2.19. The number of aryl methyl sites for hydroxylation is 3. The summed E-state index contributed by atoms with van der Waals surface area (Å²) in [4.78, 5) is 26.8. The van der Waals surface area contributed by atoms with Crippen LogP contribution in [0.25, 0.3) is 0 Å². The number of nitrogens with zero attached hydrogens (tertiary/aromatic N) is 1. The quantitative estimate of drug-likeness (QED) is 0.920. The number of carbonyl (C=O) groups excluding carboxylic acids is 2. The minimum absolute atomic E-state index is 0.0131. The Labute approximate surface area is 154 Å². The van der Waals surface area contributed by atoms with Gasteiger partial charge in [0.15, 0.2) is 0 Å². The molecular weight excluding hydrogens is 328 g/mol. The molecule has 1 N–H and O–H groups in total. The van der Waals surface area contributed by atoms with Gasteiger partial charge in [-0.25, -0.2) is 0 Å². The normalized spacial score (nSPS) is 17.3. The first-order valence-corrected chi connectivity index (χ1v) is 8.75. The van der Waals surface area contributed by atoms with Crippen molar-refractivity contribution in [2.24, 2.45) is 0 Å². The lowest BCUT2D eigenvalue weighted by Gasteiger charge is -2.34. The van der Waals surface area contributed by atoms with Crippen LogP contribution in [0.4, 0.5) is 5.69 Å².